The van der Waals surface area contributed by atoms with Crippen molar-refractivity contribution in [3.63, 3.8) is 0 Å². The predicted molar refractivity (Wildman–Crippen MR) is 73.8 cm³/mol. The van der Waals surface area contributed by atoms with E-state index in [0.717, 1.165) is 12.2 Å². The summed E-state index contributed by atoms with van der Waals surface area (Å²) in [5, 5.41) is 0. The van der Waals surface area contributed by atoms with Crippen LogP contribution < -0.4 is 5.73 Å². The van der Waals surface area contributed by atoms with Crippen LogP contribution in [-0.2, 0) is 0 Å². The lowest BCUT2D eigenvalue weighted by atomic mass is 10.0. The quantitative estimate of drug-likeness (QED) is 0.906. The number of alkyl halides is 3. The van der Waals surface area contributed by atoms with E-state index >= 15 is 0 Å². The molecule has 0 aromatic carbocycles. The van der Waals surface area contributed by atoms with Crippen LogP contribution >= 0.6 is 0 Å². The molecule has 1 fully saturated rings. The third-order valence-corrected chi connectivity index (χ3v) is 3.91. The molecule has 1 aliphatic rings. The summed E-state index contributed by atoms with van der Waals surface area (Å²) in [5.74, 6) is 0.786. The van der Waals surface area contributed by atoms with Crippen LogP contribution in [0.5, 0.6) is 0 Å². The predicted octanol–water partition coefficient (Wildman–Crippen LogP) is 2.24. The van der Waals surface area contributed by atoms with Crippen LogP contribution in [0.25, 0.3) is 0 Å². The molecule has 1 aromatic rings. The summed E-state index contributed by atoms with van der Waals surface area (Å²) in [4.78, 5) is 3.56. The van der Waals surface area contributed by atoms with Gasteiger partial charge in [-0.2, -0.15) is 13.2 Å². The lowest BCUT2D eigenvalue weighted by Gasteiger charge is -2.40. The number of nitrogens with two attached hydrogens (primary N) is 1. The van der Waals surface area contributed by atoms with Crippen LogP contribution in [0.1, 0.15) is 25.1 Å². The number of hydrogen-bond donors (Lipinski definition) is 1. The Labute approximate surface area is 122 Å². The van der Waals surface area contributed by atoms with Gasteiger partial charge in [0.1, 0.15) is 5.76 Å². The van der Waals surface area contributed by atoms with Crippen LogP contribution in [0.15, 0.2) is 22.8 Å². The van der Waals surface area contributed by atoms with Crippen molar-refractivity contribution in [2.45, 2.75) is 31.6 Å². The SMILES string of the molecule is CCC(N)C(c1ccco1)N1CCN(CC(F)(F)F)CC1. The van der Waals surface area contributed by atoms with Gasteiger partial charge >= 0.3 is 6.18 Å². The summed E-state index contributed by atoms with van der Waals surface area (Å²) in [5.41, 5.74) is 6.18. The maximum atomic E-state index is 12.4. The maximum absolute atomic E-state index is 12.4. The molecule has 0 spiro atoms. The molecule has 0 bridgehead atoms. The van der Waals surface area contributed by atoms with Gasteiger partial charge in [0.25, 0.3) is 0 Å². The Morgan fingerprint density at radius 1 is 1.29 bits per heavy atom. The summed E-state index contributed by atoms with van der Waals surface area (Å²) >= 11 is 0. The molecule has 7 heteroatoms. The first-order valence-electron chi connectivity index (χ1n) is 7.23. The molecule has 2 unspecified atom stereocenters. The van der Waals surface area contributed by atoms with Crippen LogP contribution in [-0.4, -0.2) is 54.7 Å². The molecule has 0 aliphatic carbocycles. The first kappa shape index (κ1) is 16.3. The molecular formula is C14H22F3N3O. The highest BCUT2D eigenvalue weighted by Crippen LogP contribution is 2.27. The molecule has 0 radical (unpaired) electrons. The van der Waals surface area contributed by atoms with Crippen molar-refractivity contribution in [2.75, 3.05) is 32.7 Å². The highest BCUT2D eigenvalue weighted by Gasteiger charge is 2.35. The number of halogens is 3. The van der Waals surface area contributed by atoms with Gasteiger partial charge in [0.15, 0.2) is 0 Å². The third kappa shape index (κ3) is 4.46. The van der Waals surface area contributed by atoms with Crippen molar-refractivity contribution in [2.24, 2.45) is 5.73 Å². The van der Waals surface area contributed by atoms with Gasteiger partial charge in [-0.25, -0.2) is 0 Å². The Hall–Kier alpha value is -1.05. The summed E-state index contributed by atoms with van der Waals surface area (Å²) in [6.07, 6.45) is -1.75. The first-order valence-corrected chi connectivity index (χ1v) is 7.23. The van der Waals surface area contributed by atoms with Crippen molar-refractivity contribution in [1.82, 2.24) is 9.80 Å². The second-order valence-electron chi connectivity index (χ2n) is 5.46. The summed E-state index contributed by atoms with van der Waals surface area (Å²) in [6, 6.07) is 3.52. The molecule has 120 valence electrons. The number of furan rings is 1. The van der Waals surface area contributed by atoms with Crippen LogP contribution in [0.3, 0.4) is 0 Å². The normalized spacial score (nSPS) is 21.4. The molecule has 0 amide bonds. The third-order valence-electron chi connectivity index (χ3n) is 3.91. The van der Waals surface area contributed by atoms with E-state index in [1.807, 2.05) is 19.1 Å². The fourth-order valence-electron chi connectivity index (χ4n) is 2.80. The van der Waals surface area contributed by atoms with E-state index in [2.05, 4.69) is 4.90 Å². The Balaban J connectivity index is 1.98. The number of nitrogens with zero attached hydrogens (tertiary/aromatic N) is 2. The minimum Gasteiger partial charge on any atom is -0.468 e. The Morgan fingerprint density at radius 2 is 1.95 bits per heavy atom. The minimum atomic E-state index is -4.14. The van der Waals surface area contributed by atoms with Gasteiger partial charge in [-0.15, -0.1) is 0 Å². The zero-order chi connectivity index (χ0) is 15.5. The van der Waals surface area contributed by atoms with Crippen molar-refractivity contribution < 1.29 is 17.6 Å². The smallest absolute Gasteiger partial charge is 0.401 e. The molecule has 2 heterocycles. The molecule has 2 rings (SSSR count). The standard InChI is InChI=1S/C14H22F3N3O/c1-2-11(18)13(12-4-3-9-21-12)20-7-5-19(6-8-20)10-14(15,16)17/h3-4,9,11,13H,2,5-8,10,18H2,1H3. The van der Waals surface area contributed by atoms with E-state index in [9.17, 15) is 13.2 Å². The van der Waals surface area contributed by atoms with Crippen LogP contribution in [0.4, 0.5) is 13.2 Å². The Kier molecular flexibility index (Phi) is 5.29. The van der Waals surface area contributed by atoms with Crippen LogP contribution in [0, 0.1) is 0 Å². The summed E-state index contributed by atoms with van der Waals surface area (Å²) < 4.78 is 42.7. The lowest BCUT2D eigenvalue weighted by molar-refractivity contribution is -0.150. The Morgan fingerprint density at radius 3 is 2.43 bits per heavy atom. The van der Waals surface area contributed by atoms with E-state index in [4.69, 9.17) is 10.2 Å². The largest absolute Gasteiger partial charge is 0.468 e. The van der Waals surface area contributed by atoms with E-state index in [0.29, 0.717) is 26.2 Å². The molecule has 1 aromatic heterocycles. The van der Waals surface area contributed by atoms with E-state index in [-0.39, 0.29) is 12.1 Å². The molecular weight excluding hydrogens is 283 g/mol. The van der Waals surface area contributed by atoms with Gasteiger partial charge in [0.2, 0.25) is 0 Å². The number of piperazine rings is 1. The molecule has 21 heavy (non-hydrogen) atoms. The number of hydrogen-bond acceptors (Lipinski definition) is 4. The van der Waals surface area contributed by atoms with Gasteiger partial charge in [-0.3, -0.25) is 9.80 Å². The average Bonchev–Trinajstić information content (AvgIpc) is 2.93. The van der Waals surface area contributed by atoms with Crippen LogP contribution in [0.2, 0.25) is 0 Å². The van der Waals surface area contributed by atoms with Gasteiger partial charge < -0.3 is 10.2 Å². The van der Waals surface area contributed by atoms with Crippen molar-refractivity contribution in [1.29, 1.82) is 0 Å². The van der Waals surface area contributed by atoms with Crippen molar-refractivity contribution in [3.05, 3.63) is 24.2 Å². The summed E-state index contributed by atoms with van der Waals surface area (Å²) in [7, 11) is 0. The topological polar surface area (TPSA) is 45.6 Å². The van der Waals surface area contributed by atoms with E-state index in [1.54, 1.807) is 6.26 Å². The zero-order valence-electron chi connectivity index (χ0n) is 12.1. The van der Waals surface area contributed by atoms with Gasteiger partial charge in [0, 0.05) is 32.2 Å². The monoisotopic (exact) mass is 305 g/mol. The highest BCUT2D eigenvalue weighted by molar-refractivity contribution is 5.08. The molecule has 2 atom stereocenters. The summed E-state index contributed by atoms with van der Waals surface area (Å²) in [6.45, 7) is 3.08. The minimum absolute atomic E-state index is 0.0713. The molecule has 0 saturated carbocycles. The van der Waals surface area contributed by atoms with E-state index in [1.165, 1.54) is 4.90 Å². The Bertz CT molecular complexity index is 414. The fourth-order valence-corrected chi connectivity index (χ4v) is 2.80. The number of rotatable bonds is 5. The van der Waals surface area contributed by atoms with Gasteiger partial charge in [-0.1, -0.05) is 6.92 Å². The highest BCUT2D eigenvalue weighted by atomic mass is 19.4. The van der Waals surface area contributed by atoms with Gasteiger partial charge in [-0.05, 0) is 18.6 Å². The fraction of sp³-hybridized carbons (Fsp3) is 0.714. The van der Waals surface area contributed by atoms with Crippen molar-refractivity contribution >= 4 is 0 Å². The van der Waals surface area contributed by atoms with Gasteiger partial charge in [0.05, 0.1) is 18.8 Å². The average molecular weight is 305 g/mol. The van der Waals surface area contributed by atoms with E-state index < -0.39 is 12.7 Å². The maximum Gasteiger partial charge on any atom is 0.401 e. The first-order chi connectivity index (χ1) is 9.90. The second-order valence-corrected chi connectivity index (χ2v) is 5.46. The second kappa shape index (κ2) is 6.81. The molecule has 4 nitrogen and oxygen atoms in total. The molecule has 1 aliphatic heterocycles. The molecule has 2 N–H and O–H groups in total. The lowest BCUT2D eigenvalue weighted by Crippen LogP contribution is -2.52. The molecule has 1 saturated heterocycles. The zero-order valence-corrected chi connectivity index (χ0v) is 12.1. The van der Waals surface area contributed by atoms with Crippen molar-refractivity contribution in [3.8, 4) is 0 Å².